The molecule has 0 saturated heterocycles. The summed E-state index contributed by atoms with van der Waals surface area (Å²) in [5.41, 5.74) is 1.23. The van der Waals surface area contributed by atoms with Crippen LogP contribution in [0.2, 0.25) is 0 Å². The molecule has 37 heavy (non-hydrogen) atoms. The van der Waals surface area contributed by atoms with Crippen LogP contribution >= 0.6 is 0 Å². The summed E-state index contributed by atoms with van der Waals surface area (Å²) >= 11 is 0. The number of aryl methyl sites for hydroxylation is 2. The lowest BCUT2D eigenvalue weighted by Crippen LogP contribution is -2.33. The minimum Gasteiger partial charge on any atom is -0.494 e. The van der Waals surface area contributed by atoms with Crippen LogP contribution in [0.5, 0.6) is 11.5 Å². The molecule has 1 N–H and O–H groups in total. The summed E-state index contributed by atoms with van der Waals surface area (Å²) in [6, 6.07) is 8.66. The number of aromatic nitrogens is 5. The second kappa shape index (κ2) is 10.6. The standard InChI is InChI=1S/C24H28N6O6S/c1-14-12-25-22(26-13-14)21(35-6)16(3)37(31,32)29-24-28-27-23(19-11-10-15(2)36-19)30(24)20-17(33-4)8-7-9-18(20)34-5/h7-13,16,21H,1-6H3,(H,28,29)/t16-,21+/m0/s1. The number of sulfonamides is 1. The fraction of sp³-hybridized carbons (Fsp3) is 0.333. The maximum atomic E-state index is 13.6. The molecule has 0 bridgehead atoms. The van der Waals surface area contributed by atoms with Crippen molar-refractivity contribution in [2.75, 3.05) is 26.1 Å². The highest BCUT2D eigenvalue weighted by Gasteiger charge is 2.35. The van der Waals surface area contributed by atoms with Gasteiger partial charge in [0.15, 0.2) is 11.6 Å². The van der Waals surface area contributed by atoms with E-state index >= 15 is 0 Å². The summed E-state index contributed by atoms with van der Waals surface area (Å²) in [4.78, 5) is 8.48. The van der Waals surface area contributed by atoms with Crippen molar-refractivity contribution in [1.82, 2.24) is 24.7 Å². The van der Waals surface area contributed by atoms with E-state index in [9.17, 15) is 8.42 Å². The predicted molar refractivity (Wildman–Crippen MR) is 135 cm³/mol. The van der Waals surface area contributed by atoms with E-state index in [-0.39, 0.29) is 17.6 Å². The van der Waals surface area contributed by atoms with Gasteiger partial charge in [0.1, 0.15) is 34.3 Å². The van der Waals surface area contributed by atoms with Crippen molar-refractivity contribution in [1.29, 1.82) is 0 Å². The first-order chi connectivity index (χ1) is 17.7. The van der Waals surface area contributed by atoms with E-state index in [0.717, 1.165) is 5.56 Å². The molecule has 0 saturated carbocycles. The molecule has 3 aromatic heterocycles. The van der Waals surface area contributed by atoms with Crippen molar-refractivity contribution in [2.24, 2.45) is 0 Å². The number of nitrogens with zero attached hydrogens (tertiary/aromatic N) is 5. The zero-order chi connectivity index (χ0) is 26.7. The van der Waals surface area contributed by atoms with Gasteiger partial charge < -0.3 is 18.6 Å². The van der Waals surface area contributed by atoms with Gasteiger partial charge in [-0.3, -0.25) is 9.29 Å². The van der Waals surface area contributed by atoms with Crippen molar-refractivity contribution in [3.8, 4) is 28.8 Å². The molecule has 0 radical (unpaired) electrons. The number of benzene rings is 1. The van der Waals surface area contributed by atoms with Crippen molar-refractivity contribution in [2.45, 2.75) is 32.1 Å². The fourth-order valence-electron chi connectivity index (χ4n) is 3.77. The van der Waals surface area contributed by atoms with Crippen LogP contribution in [0.25, 0.3) is 17.3 Å². The van der Waals surface area contributed by atoms with Gasteiger partial charge in [-0.15, -0.1) is 10.2 Å². The molecule has 2 atom stereocenters. The van der Waals surface area contributed by atoms with Crippen molar-refractivity contribution >= 4 is 16.0 Å². The largest absolute Gasteiger partial charge is 0.494 e. The van der Waals surface area contributed by atoms with Crippen molar-refractivity contribution < 1.29 is 27.0 Å². The van der Waals surface area contributed by atoms with Gasteiger partial charge in [0.2, 0.25) is 21.8 Å². The number of rotatable bonds is 10. The SMILES string of the molecule is COc1cccc(OC)c1-n1c(NS(=O)(=O)[C@@H](C)[C@@H](OC)c2ncc(C)cn2)nnc1-c1ccc(C)o1. The molecule has 0 spiro atoms. The molecule has 0 amide bonds. The second-order valence-electron chi connectivity index (χ2n) is 8.23. The average molecular weight is 529 g/mol. The zero-order valence-electron chi connectivity index (χ0n) is 21.3. The summed E-state index contributed by atoms with van der Waals surface area (Å²) in [5.74, 6) is 2.21. The fourth-order valence-corrected chi connectivity index (χ4v) is 4.90. The van der Waals surface area contributed by atoms with E-state index in [1.54, 1.807) is 49.6 Å². The molecule has 0 aliphatic carbocycles. The third kappa shape index (κ3) is 5.13. The van der Waals surface area contributed by atoms with Crippen molar-refractivity contribution in [3.63, 3.8) is 0 Å². The van der Waals surface area contributed by atoms with Gasteiger partial charge in [-0.2, -0.15) is 0 Å². The Labute approximate surface area is 214 Å². The maximum Gasteiger partial charge on any atom is 0.243 e. The Morgan fingerprint density at radius 3 is 2.16 bits per heavy atom. The lowest BCUT2D eigenvalue weighted by molar-refractivity contribution is 0.0949. The highest BCUT2D eigenvalue weighted by Crippen LogP contribution is 2.38. The van der Waals surface area contributed by atoms with E-state index < -0.39 is 21.4 Å². The van der Waals surface area contributed by atoms with Crippen LogP contribution in [0.4, 0.5) is 5.95 Å². The van der Waals surface area contributed by atoms with E-state index in [4.69, 9.17) is 18.6 Å². The number of ether oxygens (including phenoxy) is 3. The van der Waals surface area contributed by atoms with Crippen LogP contribution in [0.3, 0.4) is 0 Å². The first-order valence-electron chi connectivity index (χ1n) is 11.3. The number of methoxy groups -OCH3 is 3. The number of furan rings is 1. The van der Waals surface area contributed by atoms with Crippen LogP contribution in [-0.4, -0.2) is 59.7 Å². The Hall–Kier alpha value is -3.97. The molecule has 1 aromatic carbocycles. The number of hydrogen-bond acceptors (Lipinski definition) is 10. The third-order valence-electron chi connectivity index (χ3n) is 5.71. The van der Waals surface area contributed by atoms with E-state index in [0.29, 0.717) is 28.7 Å². The summed E-state index contributed by atoms with van der Waals surface area (Å²) in [6.45, 7) is 5.13. The van der Waals surface area contributed by atoms with Gasteiger partial charge in [-0.25, -0.2) is 18.4 Å². The van der Waals surface area contributed by atoms with Gasteiger partial charge in [0.25, 0.3) is 0 Å². The minimum atomic E-state index is -4.11. The van der Waals surface area contributed by atoms with Gasteiger partial charge in [-0.1, -0.05) is 6.07 Å². The second-order valence-corrected chi connectivity index (χ2v) is 10.3. The molecule has 0 aliphatic rings. The van der Waals surface area contributed by atoms with Gasteiger partial charge in [-0.05, 0) is 50.6 Å². The quantitative estimate of drug-likeness (QED) is 0.325. The van der Waals surface area contributed by atoms with Crippen LogP contribution in [0, 0.1) is 13.8 Å². The first-order valence-corrected chi connectivity index (χ1v) is 12.8. The van der Waals surface area contributed by atoms with Crippen LogP contribution in [-0.2, 0) is 14.8 Å². The molecular formula is C24H28N6O6S. The zero-order valence-corrected chi connectivity index (χ0v) is 22.1. The van der Waals surface area contributed by atoms with E-state index in [1.807, 2.05) is 6.92 Å². The van der Waals surface area contributed by atoms with E-state index in [2.05, 4.69) is 24.9 Å². The highest BCUT2D eigenvalue weighted by molar-refractivity contribution is 7.93. The normalized spacial score (nSPS) is 13.2. The molecule has 0 aliphatic heterocycles. The summed E-state index contributed by atoms with van der Waals surface area (Å²) < 4.78 is 53.6. The Morgan fingerprint density at radius 2 is 1.62 bits per heavy atom. The number of anilines is 1. The summed E-state index contributed by atoms with van der Waals surface area (Å²) in [5, 5.41) is 7.28. The molecule has 3 heterocycles. The molecule has 4 aromatic rings. The Balaban J connectivity index is 1.82. The molecular weight excluding hydrogens is 500 g/mol. The van der Waals surface area contributed by atoms with Crippen LogP contribution in [0.1, 0.15) is 30.2 Å². The molecule has 12 nitrogen and oxygen atoms in total. The maximum absolute atomic E-state index is 13.6. The third-order valence-corrected chi connectivity index (χ3v) is 7.40. The van der Waals surface area contributed by atoms with Gasteiger partial charge in [0.05, 0.1) is 14.2 Å². The molecule has 196 valence electrons. The molecule has 0 fully saturated rings. The molecule has 4 rings (SSSR count). The van der Waals surface area contributed by atoms with E-state index in [1.165, 1.54) is 32.8 Å². The van der Waals surface area contributed by atoms with Gasteiger partial charge >= 0.3 is 0 Å². The Morgan fingerprint density at radius 1 is 0.973 bits per heavy atom. The van der Waals surface area contributed by atoms with Crippen LogP contribution in [0.15, 0.2) is 47.1 Å². The predicted octanol–water partition coefficient (Wildman–Crippen LogP) is 3.47. The molecule has 13 heteroatoms. The topological polar surface area (TPSA) is 143 Å². The Kier molecular flexibility index (Phi) is 7.45. The first kappa shape index (κ1) is 26.1. The number of hydrogen-bond donors (Lipinski definition) is 1. The van der Waals surface area contributed by atoms with Gasteiger partial charge in [0, 0.05) is 19.5 Å². The monoisotopic (exact) mass is 528 g/mol. The Bertz CT molecular complexity index is 1460. The van der Waals surface area contributed by atoms with Crippen molar-refractivity contribution in [3.05, 3.63) is 59.9 Å². The lowest BCUT2D eigenvalue weighted by atomic mass is 10.2. The summed E-state index contributed by atoms with van der Waals surface area (Å²) in [7, 11) is 0.288. The number of nitrogens with one attached hydrogen (secondary N) is 1. The highest BCUT2D eigenvalue weighted by atomic mass is 32.2. The molecule has 0 unspecified atom stereocenters. The number of para-hydroxylation sites is 1. The lowest BCUT2D eigenvalue weighted by Gasteiger charge is -2.22. The minimum absolute atomic E-state index is 0.0987. The van der Waals surface area contributed by atoms with Crippen LogP contribution < -0.4 is 14.2 Å². The average Bonchev–Trinajstić information content (AvgIpc) is 3.50. The smallest absolute Gasteiger partial charge is 0.243 e. The summed E-state index contributed by atoms with van der Waals surface area (Å²) in [6.07, 6.45) is 2.26.